The molecule has 2 rings (SSSR count). The number of para-hydroxylation sites is 1. The van der Waals surface area contributed by atoms with Gasteiger partial charge in [0, 0.05) is 39.8 Å². The predicted molar refractivity (Wildman–Crippen MR) is 103 cm³/mol. The molecule has 0 fully saturated rings. The highest BCUT2D eigenvalue weighted by molar-refractivity contribution is 5.76. The summed E-state index contributed by atoms with van der Waals surface area (Å²) in [4.78, 5) is 16.3. The molecule has 0 aliphatic rings. The summed E-state index contributed by atoms with van der Waals surface area (Å²) in [6.45, 7) is 3.23. The first-order valence-corrected chi connectivity index (χ1v) is 8.72. The Morgan fingerprint density at radius 1 is 1.00 bits per heavy atom. The molecule has 0 aliphatic carbocycles. The van der Waals surface area contributed by atoms with E-state index >= 15 is 0 Å². The average Bonchev–Trinajstić information content (AvgIpc) is 2.61. The van der Waals surface area contributed by atoms with E-state index in [4.69, 9.17) is 4.74 Å². The van der Waals surface area contributed by atoms with Crippen LogP contribution in [0.4, 0.5) is 5.69 Å². The highest BCUT2D eigenvalue weighted by Gasteiger charge is 2.11. The lowest BCUT2D eigenvalue weighted by Gasteiger charge is -2.19. The molecule has 134 valence electrons. The zero-order valence-corrected chi connectivity index (χ0v) is 15.7. The Kier molecular flexibility index (Phi) is 6.87. The van der Waals surface area contributed by atoms with Crippen molar-refractivity contribution in [3.05, 3.63) is 59.7 Å². The highest BCUT2D eigenvalue weighted by Crippen LogP contribution is 2.20. The zero-order chi connectivity index (χ0) is 18.2. The van der Waals surface area contributed by atoms with Crippen molar-refractivity contribution in [3.63, 3.8) is 0 Å². The van der Waals surface area contributed by atoms with Crippen molar-refractivity contribution in [1.82, 2.24) is 4.90 Å². The van der Waals surface area contributed by atoms with Crippen molar-refractivity contribution >= 4 is 11.6 Å². The maximum atomic E-state index is 12.4. The SMILES string of the molecule is CCOc1ccccc1CCC(=O)N(C)Cc1ccc(N(C)C)cc1. The third-order valence-corrected chi connectivity index (χ3v) is 4.18. The summed E-state index contributed by atoms with van der Waals surface area (Å²) in [5, 5.41) is 0. The molecule has 0 heterocycles. The topological polar surface area (TPSA) is 32.8 Å². The quantitative estimate of drug-likeness (QED) is 0.734. The Morgan fingerprint density at radius 3 is 2.32 bits per heavy atom. The van der Waals surface area contributed by atoms with Crippen LogP contribution in [-0.4, -0.2) is 38.6 Å². The van der Waals surface area contributed by atoms with Gasteiger partial charge in [-0.2, -0.15) is 0 Å². The van der Waals surface area contributed by atoms with E-state index in [9.17, 15) is 4.79 Å². The molecule has 0 spiro atoms. The molecule has 1 amide bonds. The molecule has 4 nitrogen and oxygen atoms in total. The second-order valence-corrected chi connectivity index (χ2v) is 6.35. The van der Waals surface area contributed by atoms with Crippen molar-refractivity contribution in [2.45, 2.75) is 26.3 Å². The predicted octanol–water partition coefficient (Wildman–Crippen LogP) is 3.74. The van der Waals surface area contributed by atoms with E-state index in [1.54, 1.807) is 4.90 Å². The highest BCUT2D eigenvalue weighted by atomic mass is 16.5. The fourth-order valence-corrected chi connectivity index (χ4v) is 2.70. The van der Waals surface area contributed by atoms with Crippen molar-refractivity contribution in [3.8, 4) is 5.75 Å². The van der Waals surface area contributed by atoms with E-state index in [-0.39, 0.29) is 5.91 Å². The van der Waals surface area contributed by atoms with Gasteiger partial charge in [-0.25, -0.2) is 0 Å². The number of carbonyl (C=O) groups is 1. The summed E-state index contributed by atoms with van der Waals surface area (Å²) < 4.78 is 5.63. The van der Waals surface area contributed by atoms with Crippen LogP contribution >= 0.6 is 0 Å². The molecule has 0 atom stereocenters. The molecule has 2 aromatic rings. The van der Waals surface area contributed by atoms with Crippen LogP contribution in [-0.2, 0) is 17.8 Å². The first kappa shape index (κ1) is 18.8. The number of ether oxygens (including phenoxy) is 1. The van der Waals surface area contributed by atoms with Crippen LogP contribution in [0, 0.1) is 0 Å². The van der Waals surface area contributed by atoms with Gasteiger partial charge in [0.25, 0.3) is 0 Å². The second kappa shape index (κ2) is 9.11. The molecule has 0 aliphatic heterocycles. The second-order valence-electron chi connectivity index (χ2n) is 6.35. The lowest BCUT2D eigenvalue weighted by Crippen LogP contribution is -2.26. The summed E-state index contributed by atoms with van der Waals surface area (Å²) in [5.41, 5.74) is 3.38. The maximum Gasteiger partial charge on any atom is 0.222 e. The van der Waals surface area contributed by atoms with E-state index in [1.165, 1.54) is 0 Å². The largest absolute Gasteiger partial charge is 0.494 e. The van der Waals surface area contributed by atoms with Crippen LogP contribution in [0.1, 0.15) is 24.5 Å². The molecular weight excluding hydrogens is 312 g/mol. The molecule has 0 aromatic heterocycles. The van der Waals surface area contributed by atoms with E-state index < -0.39 is 0 Å². The van der Waals surface area contributed by atoms with Crippen molar-refractivity contribution < 1.29 is 9.53 Å². The normalized spacial score (nSPS) is 10.4. The number of anilines is 1. The van der Waals surface area contributed by atoms with Crippen LogP contribution < -0.4 is 9.64 Å². The first-order chi connectivity index (χ1) is 12.0. The number of aryl methyl sites for hydroxylation is 1. The van der Waals surface area contributed by atoms with Gasteiger partial charge >= 0.3 is 0 Å². The number of nitrogens with zero attached hydrogens (tertiary/aromatic N) is 2. The number of rotatable bonds is 8. The van der Waals surface area contributed by atoms with E-state index in [0.717, 1.165) is 22.6 Å². The summed E-state index contributed by atoms with van der Waals surface area (Å²) in [5.74, 6) is 1.02. The van der Waals surface area contributed by atoms with Crippen LogP contribution in [0.25, 0.3) is 0 Å². The Bertz CT molecular complexity index is 681. The number of carbonyl (C=O) groups excluding carboxylic acids is 1. The van der Waals surface area contributed by atoms with Crippen LogP contribution in [0.3, 0.4) is 0 Å². The smallest absolute Gasteiger partial charge is 0.222 e. The molecular formula is C21H28N2O2. The number of hydrogen-bond acceptors (Lipinski definition) is 3. The van der Waals surface area contributed by atoms with E-state index in [1.807, 2.05) is 52.3 Å². The van der Waals surface area contributed by atoms with Gasteiger partial charge in [0.1, 0.15) is 5.75 Å². The van der Waals surface area contributed by atoms with Gasteiger partial charge in [0.2, 0.25) is 5.91 Å². The lowest BCUT2D eigenvalue weighted by atomic mass is 10.1. The zero-order valence-electron chi connectivity index (χ0n) is 15.7. The fourth-order valence-electron chi connectivity index (χ4n) is 2.70. The minimum Gasteiger partial charge on any atom is -0.494 e. The van der Waals surface area contributed by atoms with E-state index in [2.05, 4.69) is 29.2 Å². The van der Waals surface area contributed by atoms with Gasteiger partial charge in [-0.3, -0.25) is 4.79 Å². The molecule has 0 N–H and O–H groups in total. The molecule has 25 heavy (non-hydrogen) atoms. The number of amides is 1. The van der Waals surface area contributed by atoms with Crippen LogP contribution in [0.5, 0.6) is 5.75 Å². The summed E-state index contributed by atoms with van der Waals surface area (Å²) >= 11 is 0. The Balaban J connectivity index is 1.90. The molecule has 0 bridgehead atoms. The van der Waals surface area contributed by atoms with Gasteiger partial charge in [0.05, 0.1) is 6.61 Å². The van der Waals surface area contributed by atoms with Crippen molar-refractivity contribution in [2.24, 2.45) is 0 Å². The Hall–Kier alpha value is -2.49. The first-order valence-electron chi connectivity index (χ1n) is 8.72. The summed E-state index contributed by atoms with van der Waals surface area (Å²) in [6, 6.07) is 16.2. The van der Waals surface area contributed by atoms with Gasteiger partial charge in [0.15, 0.2) is 0 Å². The monoisotopic (exact) mass is 340 g/mol. The third-order valence-electron chi connectivity index (χ3n) is 4.18. The summed E-state index contributed by atoms with van der Waals surface area (Å²) in [6.07, 6.45) is 1.18. The average molecular weight is 340 g/mol. The van der Waals surface area contributed by atoms with Crippen LogP contribution in [0.2, 0.25) is 0 Å². The molecule has 4 heteroatoms. The minimum atomic E-state index is 0.142. The van der Waals surface area contributed by atoms with Crippen molar-refractivity contribution in [1.29, 1.82) is 0 Å². The third kappa shape index (κ3) is 5.52. The van der Waals surface area contributed by atoms with Gasteiger partial charge in [-0.15, -0.1) is 0 Å². The molecule has 0 unspecified atom stereocenters. The van der Waals surface area contributed by atoms with Gasteiger partial charge < -0.3 is 14.5 Å². The van der Waals surface area contributed by atoms with Gasteiger partial charge in [-0.05, 0) is 42.7 Å². The van der Waals surface area contributed by atoms with Crippen LogP contribution in [0.15, 0.2) is 48.5 Å². The minimum absolute atomic E-state index is 0.142. The number of benzene rings is 2. The summed E-state index contributed by atoms with van der Waals surface area (Å²) in [7, 11) is 5.89. The van der Waals surface area contributed by atoms with Crippen molar-refractivity contribution in [2.75, 3.05) is 32.6 Å². The molecule has 2 aromatic carbocycles. The standard InChI is InChI=1S/C21H28N2O2/c1-5-25-20-9-7-6-8-18(20)12-15-21(24)23(4)16-17-10-13-19(14-11-17)22(2)3/h6-11,13-14H,5,12,15-16H2,1-4H3. The van der Waals surface area contributed by atoms with E-state index in [0.29, 0.717) is 26.0 Å². The Morgan fingerprint density at radius 2 is 1.68 bits per heavy atom. The Labute approximate surface area is 151 Å². The lowest BCUT2D eigenvalue weighted by molar-refractivity contribution is -0.130. The molecule has 0 saturated heterocycles. The molecule has 0 radical (unpaired) electrons. The molecule has 0 saturated carbocycles. The fraction of sp³-hybridized carbons (Fsp3) is 0.381. The number of hydrogen-bond donors (Lipinski definition) is 0. The van der Waals surface area contributed by atoms with Gasteiger partial charge in [-0.1, -0.05) is 30.3 Å². The maximum absolute atomic E-state index is 12.4.